The lowest BCUT2D eigenvalue weighted by molar-refractivity contribution is 0.0126. The third-order valence-electron chi connectivity index (χ3n) is 3.10. The highest BCUT2D eigenvalue weighted by Crippen LogP contribution is 2.14. The molecule has 0 spiro atoms. The van der Waals surface area contributed by atoms with Crippen molar-refractivity contribution >= 4 is 0 Å². The average molecular weight is 224 g/mol. The summed E-state index contributed by atoms with van der Waals surface area (Å²) in [7, 11) is 0. The zero-order valence-electron chi connectivity index (χ0n) is 10.2. The van der Waals surface area contributed by atoms with Crippen molar-refractivity contribution in [3.8, 4) is 0 Å². The van der Waals surface area contributed by atoms with Gasteiger partial charge in [-0.2, -0.15) is 0 Å². The molecule has 2 heterocycles. The Labute approximate surface area is 96.4 Å². The summed E-state index contributed by atoms with van der Waals surface area (Å²) in [6, 6.07) is 0.524. The first-order chi connectivity index (χ1) is 7.65. The molecule has 16 heavy (non-hydrogen) atoms. The van der Waals surface area contributed by atoms with Crippen LogP contribution >= 0.6 is 0 Å². The monoisotopic (exact) mass is 224 g/mol. The Bertz CT molecular complexity index is 329. The van der Waals surface area contributed by atoms with Crippen molar-refractivity contribution in [1.29, 1.82) is 0 Å². The van der Waals surface area contributed by atoms with Crippen LogP contribution in [0.15, 0.2) is 4.42 Å². The van der Waals surface area contributed by atoms with Crippen molar-refractivity contribution in [3.05, 3.63) is 17.3 Å². The molecule has 4 heteroatoms. The van der Waals surface area contributed by atoms with Gasteiger partial charge in [0.25, 0.3) is 0 Å². The topological polar surface area (TPSA) is 47.3 Å². The van der Waals surface area contributed by atoms with Crippen molar-refractivity contribution in [2.75, 3.05) is 6.61 Å². The van der Waals surface area contributed by atoms with E-state index in [1.165, 1.54) is 0 Å². The predicted octanol–water partition coefficient (Wildman–Crippen LogP) is 1.95. The van der Waals surface area contributed by atoms with Gasteiger partial charge >= 0.3 is 0 Å². The number of hydrogen-bond donors (Lipinski definition) is 1. The Hall–Kier alpha value is -0.870. The lowest BCUT2D eigenvalue weighted by Crippen LogP contribution is -2.37. The summed E-state index contributed by atoms with van der Waals surface area (Å²) in [6.45, 7) is 7.60. The summed E-state index contributed by atoms with van der Waals surface area (Å²) in [5.74, 6) is 1.70. The maximum absolute atomic E-state index is 5.53. The summed E-state index contributed by atoms with van der Waals surface area (Å²) in [6.07, 6.45) is 2.50. The molecule has 1 fully saturated rings. The Kier molecular flexibility index (Phi) is 3.61. The zero-order valence-corrected chi connectivity index (χ0v) is 10.2. The highest BCUT2D eigenvalue weighted by atomic mass is 16.5. The molecule has 0 aliphatic carbocycles. The Morgan fingerprint density at radius 3 is 2.88 bits per heavy atom. The van der Waals surface area contributed by atoms with Crippen LogP contribution in [0.2, 0.25) is 0 Å². The summed E-state index contributed by atoms with van der Waals surface area (Å²) in [4.78, 5) is 4.35. The van der Waals surface area contributed by atoms with Crippen molar-refractivity contribution < 1.29 is 9.15 Å². The van der Waals surface area contributed by atoms with Gasteiger partial charge in [-0.1, -0.05) is 0 Å². The third kappa shape index (κ3) is 2.83. The second kappa shape index (κ2) is 4.97. The van der Waals surface area contributed by atoms with Crippen LogP contribution in [0.3, 0.4) is 0 Å². The smallest absolute Gasteiger partial charge is 0.208 e. The molecule has 1 aliphatic rings. The van der Waals surface area contributed by atoms with E-state index in [1.807, 2.05) is 13.8 Å². The maximum atomic E-state index is 5.53. The zero-order chi connectivity index (χ0) is 11.5. The van der Waals surface area contributed by atoms with E-state index in [4.69, 9.17) is 9.15 Å². The standard InChI is InChI=1S/C12H20N2O2/c1-8-6-11(4-5-15-8)13-7-12-14-9(2)10(3)16-12/h8,11,13H,4-7H2,1-3H3. The van der Waals surface area contributed by atoms with Crippen LogP contribution < -0.4 is 5.32 Å². The maximum Gasteiger partial charge on any atom is 0.208 e. The van der Waals surface area contributed by atoms with Crippen LogP contribution in [-0.2, 0) is 11.3 Å². The van der Waals surface area contributed by atoms with E-state index >= 15 is 0 Å². The van der Waals surface area contributed by atoms with Crippen LogP contribution in [0.4, 0.5) is 0 Å². The van der Waals surface area contributed by atoms with Gasteiger partial charge in [0.1, 0.15) is 5.76 Å². The molecule has 2 unspecified atom stereocenters. The fourth-order valence-corrected chi connectivity index (χ4v) is 2.03. The molecule has 0 radical (unpaired) electrons. The van der Waals surface area contributed by atoms with Crippen molar-refractivity contribution in [3.63, 3.8) is 0 Å². The Balaban J connectivity index is 1.82. The quantitative estimate of drug-likeness (QED) is 0.852. The van der Waals surface area contributed by atoms with Gasteiger partial charge in [-0.05, 0) is 33.6 Å². The van der Waals surface area contributed by atoms with Gasteiger partial charge in [0, 0.05) is 12.6 Å². The largest absolute Gasteiger partial charge is 0.444 e. The molecule has 90 valence electrons. The van der Waals surface area contributed by atoms with E-state index in [0.29, 0.717) is 18.7 Å². The van der Waals surface area contributed by atoms with Gasteiger partial charge in [0.05, 0.1) is 18.3 Å². The average Bonchev–Trinajstić information content (AvgIpc) is 2.56. The summed E-state index contributed by atoms with van der Waals surface area (Å²) >= 11 is 0. The highest BCUT2D eigenvalue weighted by Gasteiger charge is 2.19. The van der Waals surface area contributed by atoms with Crippen molar-refractivity contribution in [1.82, 2.24) is 10.3 Å². The number of rotatable bonds is 3. The summed E-state index contributed by atoms with van der Waals surface area (Å²) < 4.78 is 11.0. The lowest BCUT2D eigenvalue weighted by Gasteiger charge is -2.27. The number of nitrogens with zero attached hydrogens (tertiary/aromatic N) is 1. The minimum atomic E-state index is 0.360. The van der Waals surface area contributed by atoms with Crippen molar-refractivity contribution in [2.24, 2.45) is 0 Å². The van der Waals surface area contributed by atoms with E-state index in [2.05, 4.69) is 17.2 Å². The first-order valence-corrected chi connectivity index (χ1v) is 5.93. The molecule has 1 saturated heterocycles. The SMILES string of the molecule is Cc1nc(CNC2CCOC(C)C2)oc1C. The highest BCUT2D eigenvalue weighted by molar-refractivity contribution is 5.05. The second-order valence-corrected chi connectivity index (χ2v) is 4.53. The predicted molar refractivity (Wildman–Crippen MR) is 61.3 cm³/mol. The van der Waals surface area contributed by atoms with Gasteiger partial charge in [-0.15, -0.1) is 0 Å². The molecule has 1 aliphatic heterocycles. The molecule has 4 nitrogen and oxygen atoms in total. The molecule has 1 aromatic rings. The molecule has 0 aromatic carbocycles. The molecule has 1 aromatic heterocycles. The Morgan fingerprint density at radius 2 is 2.25 bits per heavy atom. The van der Waals surface area contributed by atoms with Gasteiger partial charge in [0.15, 0.2) is 0 Å². The van der Waals surface area contributed by atoms with Crippen LogP contribution in [0, 0.1) is 13.8 Å². The van der Waals surface area contributed by atoms with Gasteiger partial charge in [-0.25, -0.2) is 4.98 Å². The van der Waals surface area contributed by atoms with Gasteiger partial charge in [0.2, 0.25) is 5.89 Å². The molecule has 0 amide bonds. The van der Waals surface area contributed by atoms with Crippen LogP contribution in [0.1, 0.15) is 37.1 Å². The Morgan fingerprint density at radius 1 is 1.44 bits per heavy atom. The number of nitrogens with one attached hydrogen (secondary N) is 1. The second-order valence-electron chi connectivity index (χ2n) is 4.53. The van der Waals surface area contributed by atoms with Crippen LogP contribution in [0.25, 0.3) is 0 Å². The van der Waals surface area contributed by atoms with Gasteiger partial charge < -0.3 is 14.5 Å². The number of ether oxygens (including phenoxy) is 1. The summed E-state index contributed by atoms with van der Waals surface area (Å²) in [5.41, 5.74) is 0.983. The minimum absolute atomic E-state index is 0.360. The molecule has 0 bridgehead atoms. The van der Waals surface area contributed by atoms with Gasteiger partial charge in [-0.3, -0.25) is 0 Å². The molecular weight excluding hydrogens is 204 g/mol. The minimum Gasteiger partial charge on any atom is -0.444 e. The molecule has 1 N–H and O–H groups in total. The van der Waals surface area contributed by atoms with Crippen molar-refractivity contribution in [2.45, 2.75) is 52.3 Å². The first-order valence-electron chi connectivity index (χ1n) is 5.93. The van der Waals surface area contributed by atoms with E-state index in [9.17, 15) is 0 Å². The molecule has 0 saturated carbocycles. The molecule has 2 atom stereocenters. The van der Waals surface area contributed by atoms with E-state index < -0.39 is 0 Å². The van der Waals surface area contributed by atoms with E-state index in [-0.39, 0.29) is 0 Å². The number of oxazole rings is 1. The van der Waals surface area contributed by atoms with E-state index in [1.54, 1.807) is 0 Å². The van der Waals surface area contributed by atoms with E-state index in [0.717, 1.165) is 36.8 Å². The molecule has 2 rings (SSSR count). The summed E-state index contributed by atoms with van der Waals surface area (Å²) in [5, 5.41) is 3.47. The number of aromatic nitrogens is 1. The van der Waals surface area contributed by atoms with Crippen LogP contribution in [0.5, 0.6) is 0 Å². The fourth-order valence-electron chi connectivity index (χ4n) is 2.03. The normalized spacial score (nSPS) is 25.9. The molecular formula is C12H20N2O2. The lowest BCUT2D eigenvalue weighted by atomic mass is 10.0. The number of aryl methyl sites for hydroxylation is 2. The first kappa shape index (κ1) is 11.6. The third-order valence-corrected chi connectivity index (χ3v) is 3.10. The fraction of sp³-hybridized carbons (Fsp3) is 0.750. The number of hydrogen-bond acceptors (Lipinski definition) is 4. The van der Waals surface area contributed by atoms with Crippen LogP contribution in [-0.4, -0.2) is 23.7 Å².